The predicted octanol–water partition coefficient (Wildman–Crippen LogP) is 4.32. The van der Waals surface area contributed by atoms with Gasteiger partial charge in [0.25, 0.3) is 0 Å². The highest BCUT2D eigenvalue weighted by molar-refractivity contribution is 6.30. The summed E-state index contributed by atoms with van der Waals surface area (Å²) in [4.78, 5) is 36.9. The van der Waals surface area contributed by atoms with Crippen LogP contribution in [0.4, 0.5) is 5.82 Å². The van der Waals surface area contributed by atoms with Crippen molar-refractivity contribution >= 4 is 29.2 Å². The van der Waals surface area contributed by atoms with E-state index in [4.69, 9.17) is 16.9 Å². The van der Waals surface area contributed by atoms with Gasteiger partial charge >= 0.3 is 0 Å². The molecule has 1 aliphatic carbocycles. The SMILES string of the molecule is CN(C[C@H]1CN(C(=O)C2CCN(C(=O)C3(C)CC3)CC2)C[C@@H]1c1ccc(Cl)cc1)c1ccc(C#N)cn1. The second-order valence-electron chi connectivity index (χ2n) is 11.2. The molecule has 0 unspecified atom stereocenters. The number of halogens is 1. The molecule has 1 aromatic heterocycles. The number of hydrogen-bond donors (Lipinski definition) is 0. The van der Waals surface area contributed by atoms with Crippen molar-refractivity contribution in [2.24, 2.45) is 17.3 Å². The molecule has 5 rings (SSSR count). The molecule has 0 N–H and O–H groups in total. The zero-order chi connectivity index (χ0) is 26.2. The first-order chi connectivity index (χ1) is 17.8. The van der Waals surface area contributed by atoms with Gasteiger partial charge < -0.3 is 14.7 Å². The van der Waals surface area contributed by atoms with Gasteiger partial charge in [-0.1, -0.05) is 30.7 Å². The Labute approximate surface area is 224 Å². The van der Waals surface area contributed by atoms with Crippen molar-refractivity contribution in [3.8, 4) is 6.07 Å². The molecule has 3 heterocycles. The van der Waals surface area contributed by atoms with Crippen LogP contribution >= 0.6 is 11.6 Å². The van der Waals surface area contributed by atoms with Crippen molar-refractivity contribution in [2.45, 2.75) is 38.5 Å². The molecule has 2 aliphatic heterocycles. The van der Waals surface area contributed by atoms with Crippen molar-refractivity contribution < 1.29 is 9.59 Å². The highest BCUT2D eigenvalue weighted by Crippen LogP contribution is 2.47. The minimum absolute atomic E-state index is 0.0291. The average molecular weight is 520 g/mol. The van der Waals surface area contributed by atoms with Crippen LogP contribution in [0.5, 0.6) is 0 Å². The zero-order valence-electron chi connectivity index (χ0n) is 21.6. The van der Waals surface area contributed by atoms with Gasteiger partial charge in [-0.2, -0.15) is 5.26 Å². The van der Waals surface area contributed by atoms with E-state index in [1.54, 1.807) is 12.3 Å². The van der Waals surface area contributed by atoms with E-state index >= 15 is 0 Å². The lowest BCUT2D eigenvalue weighted by molar-refractivity contribution is -0.142. The van der Waals surface area contributed by atoms with Gasteiger partial charge in [-0.25, -0.2) is 4.98 Å². The maximum absolute atomic E-state index is 13.6. The second kappa shape index (κ2) is 10.3. The van der Waals surface area contributed by atoms with Crippen molar-refractivity contribution in [1.29, 1.82) is 5.26 Å². The number of pyridine rings is 1. The van der Waals surface area contributed by atoms with Crippen LogP contribution in [0.3, 0.4) is 0 Å². The molecular weight excluding hydrogens is 486 g/mol. The standard InChI is InChI=1S/C29H34ClN5O2/c1-29(11-12-29)28(37)34-13-9-22(10-14-34)27(36)35-18-23(25(19-35)21-4-6-24(30)7-5-21)17-33(2)26-8-3-20(15-31)16-32-26/h3-8,16,22-23,25H,9-14,17-19H2,1-2H3/t23-,25+/m0/s1. The van der Waals surface area contributed by atoms with Gasteiger partial charge in [0.05, 0.1) is 5.56 Å². The van der Waals surface area contributed by atoms with Crippen LogP contribution in [-0.4, -0.2) is 66.4 Å². The van der Waals surface area contributed by atoms with Crippen LogP contribution in [0, 0.1) is 28.6 Å². The lowest BCUT2D eigenvalue weighted by Gasteiger charge is -2.34. The average Bonchev–Trinajstić information content (AvgIpc) is 3.55. The second-order valence-corrected chi connectivity index (χ2v) is 11.6. The summed E-state index contributed by atoms with van der Waals surface area (Å²) in [6.07, 6.45) is 5.04. The molecule has 3 aliphatic rings. The zero-order valence-corrected chi connectivity index (χ0v) is 22.3. The maximum atomic E-state index is 13.6. The van der Waals surface area contributed by atoms with E-state index in [1.165, 1.54) is 5.56 Å². The quantitative estimate of drug-likeness (QED) is 0.567. The molecule has 2 atom stereocenters. The number of nitrogens with zero attached hydrogens (tertiary/aromatic N) is 5. The maximum Gasteiger partial charge on any atom is 0.228 e. The summed E-state index contributed by atoms with van der Waals surface area (Å²) >= 11 is 6.16. The summed E-state index contributed by atoms with van der Waals surface area (Å²) in [7, 11) is 2.00. The molecular formula is C29H34ClN5O2. The molecule has 194 valence electrons. The molecule has 0 radical (unpaired) electrons. The lowest BCUT2D eigenvalue weighted by Crippen LogP contribution is -2.46. The van der Waals surface area contributed by atoms with Gasteiger partial charge in [-0.05, 0) is 55.5 Å². The highest BCUT2D eigenvalue weighted by atomic mass is 35.5. The van der Waals surface area contributed by atoms with E-state index in [0.717, 1.165) is 38.0 Å². The molecule has 0 bridgehead atoms. The van der Waals surface area contributed by atoms with Crippen molar-refractivity contribution in [2.75, 3.05) is 44.7 Å². The van der Waals surface area contributed by atoms with E-state index < -0.39 is 0 Å². The highest BCUT2D eigenvalue weighted by Gasteiger charge is 2.48. The normalized spacial score (nSPS) is 23.0. The first-order valence-corrected chi connectivity index (χ1v) is 13.6. The molecule has 2 aromatic rings. The Hall–Kier alpha value is -3.11. The molecule has 8 heteroatoms. The van der Waals surface area contributed by atoms with Gasteiger partial charge in [0.15, 0.2) is 0 Å². The fourth-order valence-electron chi connectivity index (χ4n) is 5.82. The molecule has 1 aromatic carbocycles. The smallest absolute Gasteiger partial charge is 0.228 e. The summed E-state index contributed by atoms with van der Waals surface area (Å²) in [6, 6.07) is 13.7. The molecule has 3 fully saturated rings. The van der Waals surface area contributed by atoms with Crippen molar-refractivity contribution in [1.82, 2.24) is 14.8 Å². The molecule has 2 amide bonds. The first kappa shape index (κ1) is 25.5. The number of amides is 2. The van der Waals surface area contributed by atoms with E-state index in [1.807, 2.05) is 35.0 Å². The number of likely N-dealkylation sites (tertiary alicyclic amines) is 2. The molecule has 7 nitrogen and oxygen atoms in total. The number of carbonyl (C=O) groups excluding carboxylic acids is 2. The third kappa shape index (κ3) is 5.45. The fraction of sp³-hybridized carbons (Fsp3) is 0.517. The number of benzene rings is 1. The Morgan fingerprint density at radius 3 is 2.41 bits per heavy atom. The van der Waals surface area contributed by atoms with E-state index in [9.17, 15) is 9.59 Å². The number of aromatic nitrogens is 1. The molecule has 2 saturated heterocycles. The van der Waals surface area contributed by atoms with Gasteiger partial charge in [0, 0.05) is 74.2 Å². The summed E-state index contributed by atoms with van der Waals surface area (Å²) in [5.74, 6) is 1.67. The minimum atomic E-state index is -0.152. The summed E-state index contributed by atoms with van der Waals surface area (Å²) in [5.41, 5.74) is 1.57. The number of carbonyl (C=O) groups is 2. The van der Waals surface area contributed by atoms with E-state index in [-0.39, 0.29) is 35.0 Å². The van der Waals surface area contributed by atoms with Crippen LogP contribution in [-0.2, 0) is 9.59 Å². The number of hydrogen-bond acceptors (Lipinski definition) is 5. The van der Waals surface area contributed by atoms with Crippen LogP contribution < -0.4 is 4.90 Å². The molecule has 1 saturated carbocycles. The lowest BCUT2D eigenvalue weighted by atomic mass is 9.88. The van der Waals surface area contributed by atoms with Gasteiger partial charge in [0.1, 0.15) is 11.9 Å². The Morgan fingerprint density at radius 2 is 1.81 bits per heavy atom. The molecule has 37 heavy (non-hydrogen) atoms. The predicted molar refractivity (Wildman–Crippen MR) is 143 cm³/mol. The Balaban J connectivity index is 1.27. The van der Waals surface area contributed by atoms with E-state index in [2.05, 4.69) is 35.0 Å². The summed E-state index contributed by atoms with van der Waals surface area (Å²) < 4.78 is 0. The van der Waals surface area contributed by atoms with Crippen molar-refractivity contribution in [3.63, 3.8) is 0 Å². The fourth-order valence-corrected chi connectivity index (χ4v) is 5.94. The Bertz CT molecular complexity index is 1180. The van der Waals surface area contributed by atoms with Gasteiger partial charge in [0.2, 0.25) is 11.8 Å². The number of nitriles is 1. The first-order valence-electron chi connectivity index (χ1n) is 13.2. The topological polar surface area (TPSA) is 80.5 Å². The summed E-state index contributed by atoms with van der Waals surface area (Å²) in [5, 5.41) is 9.78. The largest absolute Gasteiger partial charge is 0.359 e. The number of anilines is 1. The summed E-state index contributed by atoms with van der Waals surface area (Å²) in [6.45, 7) is 5.51. The number of piperidine rings is 1. The van der Waals surface area contributed by atoms with Gasteiger partial charge in [-0.3, -0.25) is 9.59 Å². The van der Waals surface area contributed by atoms with E-state index in [0.29, 0.717) is 36.8 Å². The van der Waals surface area contributed by atoms with Crippen LogP contribution in [0.15, 0.2) is 42.6 Å². The van der Waals surface area contributed by atoms with Gasteiger partial charge in [-0.15, -0.1) is 0 Å². The van der Waals surface area contributed by atoms with Crippen LogP contribution in [0.25, 0.3) is 0 Å². The monoisotopic (exact) mass is 519 g/mol. The Morgan fingerprint density at radius 1 is 1.11 bits per heavy atom. The third-order valence-electron chi connectivity index (χ3n) is 8.48. The van der Waals surface area contributed by atoms with Crippen LogP contribution in [0.1, 0.15) is 49.7 Å². The Kier molecular flexibility index (Phi) is 7.13. The number of rotatable bonds is 6. The minimum Gasteiger partial charge on any atom is -0.359 e. The third-order valence-corrected chi connectivity index (χ3v) is 8.73. The van der Waals surface area contributed by atoms with Crippen LogP contribution in [0.2, 0.25) is 5.02 Å². The van der Waals surface area contributed by atoms with Crippen molar-refractivity contribution in [3.05, 3.63) is 58.7 Å². The molecule has 0 spiro atoms.